The summed E-state index contributed by atoms with van der Waals surface area (Å²) in [6, 6.07) is 8.28. The van der Waals surface area contributed by atoms with Crippen LogP contribution in [0.3, 0.4) is 0 Å². The third-order valence-electron chi connectivity index (χ3n) is 2.55. The molecule has 0 aromatic heterocycles. The predicted molar refractivity (Wildman–Crippen MR) is 68.3 cm³/mol. The zero-order valence-corrected chi connectivity index (χ0v) is 10.1. The highest BCUT2D eigenvalue weighted by Gasteiger charge is 2.36. The molecule has 0 saturated carbocycles. The van der Waals surface area contributed by atoms with Gasteiger partial charge in [-0.1, -0.05) is 18.2 Å². The number of anilines is 1. The monoisotopic (exact) mass is 260 g/mol. The minimum atomic E-state index is -1.10. The van der Waals surface area contributed by atoms with E-state index in [4.69, 9.17) is 0 Å². The molecule has 3 N–H and O–H groups in total. The average molecular weight is 260 g/mol. The van der Waals surface area contributed by atoms with Crippen LogP contribution in [0.5, 0.6) is 0 Å². The van der Waals surface area contributed by atoms with Crippen LogP contribution in [0.15, 0.2) is 35.4 Å². The van der Waals surface area contributed by atoms with Crippen molar-refractivity contribution in [2.75, 3.05) is 5.43 Å². The van der Waals surface area contributed by atoms with Gasteiger partial charge in [-0.15, -0.1) is 0 Å². The summed E-state index contributed by atoms with van der Waals surface area (Å²) in [5.41, 5.74) is 3.74. The lowest BCUT2D eigenvalue weighted by Gasteiger charge is -2.20. The van der Waals surface area contributed by atoms with Gasteiger partial charge in [0.05, 0.1) is 11.4 Å². The van der Waals surface area contributed by atoms with Gasteiger partial charge in [-0.25, -0.2) is 4.79 Å². The van der Waals surface area contributed by atoms with Crippen LogP contribution in [0.4, 0.5) is 10.5 Å². The Kier molecular flexibility index (Phi) is 3.56. The van der Waals surface area contributed by atoms with E-state index in [1.165, 1.54) is 6.92 Å². The molecule has 1 aromatic rings. The predicted octanol–water partition coefficient (Wildman–Crippen LogP) is 0.457. The zero-order valence-electron chi connectivity index (χ0n) is 10.1. The summed E-state index contributed by atoms with van der Waals surface area (Å²) in [5, 5.41) is 8.02. The lowest BCUT2D eigenvalue weighted by atomic mass is 10.0. The van der Waals surface area contributed by atoms with Gasteiger partial charge in [-0.2, -0.15) is 5.10 Å². The number of benzene rings is 1. The van der Waals surface area contributed by atoms with Crippen LogP contribution in [0.25, 0.3) is 0 Å². The van der Waals surface area contributed by atoms with Crippen molar-refractivity contribution in [1.29, 1.82) is 0 Å². The highest BCUT2D eigenvalue weighted by Crippen LogP contribution is 2.08. The van der Waals surface area contributed by atoms with E-state index < -0.39 is 23.8 Å². The average Bonchev–Trinajstić information content (AvgIpc) is 2.36. The summed E-state index contributed by atoms with van der Waals surface area (Å²) >= 11 is 0. The first-order valence-corrected chi connectivity index (χ1v) is 5.59. The van der Waals surface area contributed by atoms with Gasteiger partial charge in [0.1, 0.15) is 0 Å². The largest absolute Gasteiger partial charge is 0.328 e. The lowest BCUT2D eigenvalue weighted by molar-refractivity contribution is -0.132. The first kappa shape index (κ1) is 12.7. The van der Waals surface area contributed by atoms with Gasteiger partial charge in [0.25, 0.3) is 0 Å². The first-order valence-electron chi connectivity index (χ1n) is 5.59. The number of hydrogen-bond acceptors (Lipinski definition) is 5. The third kappa shape index (κ3) is 2.95. The summed E-state index contributed by atoms with van der Waals surface area (Å²) in [6.07, 6.45) is 0. The van der Waals surface area contributed by atoms with Crippen molar-refractivity contribution >= 4 is 29.2 Å². The number of carbonyl (C=O) groups is 3. The molecular formula is C12H12N4O3. The molecular weight excluding hydrogens is 248 g/mol. The lowest BCUT2D eigenvalue weighted by Crippen LogP contribution is -2.57. The van der Waals surface area contributed by atoms with Gasteiger partial charge in [-0.05, 0) is 19.1 Å². The second-order valence-electron chi connectivity index (χ2n) is 3.97. The number of imide groups is 2. The molecule has 0 aliphatic carbocycles. The SMILES string of the molecule is C/C(=N/Nc1ccccc1)C1C(=O)NC(=O)NC1=O. The fourth-order valence-electron chi connectivity index (χ4n) is 1.63. The Balaban J connectivity index is 2.10. The van der Waals surface area contributed by atoms with E-state index >= 15 is 0 Å². The highest BCUT2D eigenvalue weighted by atomic mass is 16.2. The Labute approximate surface area is 109 Å². The quantitative estimate of drug-likeness (QED) is 0.417. The van der Waals surface area contributed by atoms with Crippen LogP contribution < -0.4 is 16.1 Å². The summed E-state index contributed by atoms with van der Waals surface area (Å²) in [7, 11) is 0. The smallest absolute Gasteiger partial charge is 0.279 e. The Morgan fingerprint density at radius 2 is 1.68 bits per heavy atom. The molecule has 98 valence electrons. The Morgan fingerprint density at radius 1 is 1.11 bits per heavy atom. The van der Waals surface area contributed by atoms with Crippen LogP contribution >= 0.6 is 0 Å². The van der Waals surface area contributed by atoms with Gasteiger partial charge in [-0.3, -0.25) is 25.6 Å². The summed E-state index contributed by atoms with van der Waals surface area (Å²) in [5.74, 6) is -2.45. The minimum Gasteiger partial charge on any atom is -0.279 e. The number of hydrazone groups is 1. The van der Waals surface area contributed by atoms with Crippen molar-refractivity contribution < 1.29 is 14.4 Å². The van der Waals surface area contributed by atoms with Crippen LogP contribution in [-0.2, 0) is 9.59 Å². The number of barbiturate groups is 1. The van der Waals surface area contributed by atoms with E-state index in [0.717, 1.165) is 5.69 Å². The van der Waals surface area contributed by atoms with Crippen molar-refractivity contribution in [1.82, 2.24) is 10.6 Å². The molecule has 1 aliphatic heterocycles. The number of nitrogens with one attached hydrogen (secondary N) is 3. The Hall–Kier alpha value is -2.70. The van der Waals surface area contributed by atoms with Crippen molar-refractivity contribution in [2.24, 2.45) is 11.0 Å². The Bertz CT molecular complexity index is 533. The van der Waals surface area contributed by atoms with Crippen molar-refractivity contribution in [2.45, 2.75) is 6.92 Å². The van der Waals surface area contributed by atoms with E-state index in [-0.39, 0.29) is 5.71 Å². The molecule has 19 heavy (non-hydrogen) atoms. The van der Waals surface area contributed by atoms with E-state index in [1.54, 1.807) is 12.1 Å². The van der Waals surface area contributed by atoms with Gasteiger partial charge < -0.3 is 0 Å². The second kappa shape index (κ2) is 5.30. The maximum Gasteiger partial charge on any atom is 0.328 e. The van der Waals surface area contributed by atoms with Crippen molar-refractivity contribution in [3.8, 4) is 0 Å². The number of para-hydroxylation sites is 1. The molecule has 4 amide bonds. The van der Waals surface area contributed by atoms with Crippen molar-refractivity contribution in [3.63, 3.8) is 0 Å². The van der Waals surface area contributed by atoms with Crippen molar-refractivity contribution in [3.05, 3.63) is 30.3 Å². The van der Waals surface area contributed by atoms with E-state index in [1.807, 2.05) is 28.8 Å². The van der Waals surface area contributed by atoms with Crippen LogP contribution in [0.1, 0.15) is 6.92 Å². The molecule has 7 nitrogen and oxygen atoms in total. The summed E-state index contributed by atoms with van der Waals surface area (Å²) in [4.78, 5) is 34.0. The molecule has 0 unspecified atom stereocenters. The standard InChI is InChI=1S/C12H12N4O3/c1-7(15-16-8-5-3-2-4-6-8)9-10(17)13-12(19)14-11(9)18/h2-6,9,16H,1H3,(H2,13,14,17,18,19)/b15-7-. The molecule has 2 rings (SSSR count). The molecule has 0 atom stereocenters. The number of carbonyl (C=O) groups excluding carboxylic acids is 3. The fourth-order valence-corrected chi connectivity index (χ4v) is 1.63. The number of urea groups is 1. The van der Waals surface area contributed by atoms with Gasteiger partial charge >= 0.3 is 6.03 Å². The molecule has 1 aromatic carbocycles. The molecule has 0 bridgehead atoms. The highest BCUT2D eigenvalue weighted by molar-refractivity contribution is 6.27. The maximum absolute atomic E-state index is 11.6. The van der Waals surface area contributed by atoms with Crippen LogP contribution in [0.2, 0.25) is 0 Å². The molecule has 1 fully saturated rings. The third-order valence-corrected chi connectivity index (χ3v) is 2.55. The molecule has 0 spiro atoms. The molecule has 0 radical (unpaired) electrons. The molecule has 1 aliphatic rings. The van der Waals surface area contributed by atoms with Gasteiger partial charge in [0.15, 0.2) is 5.92 Å². The summed E-state index contributed by atoms with van der Waals surface area (Å²) in [6.45, 7) is 1.54. The first-order chi connectivity index (χ1) is 9.08. The van der Waals surface area contributed by atoms with E-state index in [9.17, 15) is 14.4 Å². The second-order valence-corrected chi connectivity index (χ2v) is 3.97. The normalized spacial score (nSPS) is 16.9. The van der Waals surface area contributed by atoms with E-state index in [2.05, 4.69) is 10.5 Å². The number of amides is 4. The maximum atomic E-state index is 11.6. The number of rotatable bonds is 3. The minimum absolute atomic E-state index is 0.270. The molecule has 1 heterocycles. The van der Waals surface area contributed by atoms with Crippen LogP contribution in [-0.4, -0.2) is 23.6 Å². The van der Waals surface area contributed by atoms with Gasteiger partial charge in [0.2, 0.25) is 11.8 Å². The fraction of sp³-hybridized carbons (Fsp3) is 0.167. The van der Waals surface area contributed by atoms with Crippen LogP contribution in [0, 0.1) is 5.92 Å². The number of nitrogens with zero attached hydrogens (tertiary/aromatic N) is 1. The summed E-state index contributed by atoms with van der Waals surface area (Å²) < 4.78 is 0. The topological polar surface area (TPSA) is 99.7 Å². The molecule has 1 saturated heterocycles. The number of hydrogen-bond donors (Lipinski definition) is 3. The van der Waals surface area contributed by atoms with Gasteiger partial charge in [0, 0.05) is 0 Å². The van der Waals surface area contributed by atoms with E-state index in [0.29, 0.717) is 0 Å². The molecule has 7 heteroatoms. The Morgan fingerprint density at radius 3 is 2.26 bits per heavy atom. The zero-order chi connectivity index (χ0) is 13.8.